The Balaban J connectivity index is 2.87. The molecule has 19 heavy (non-hydrogen) atoms. The van der Waals surface area contributed by atoms with Crippen LogP contribution in [0, 0.1) is 0 Å². The molecule has 8 heteroatoms. The van der Waals surface area contributed by atoms with Crippen LogP contribution in [0.2, 0.25) is 0 Å². The number of hydrogen-bond donors (Lipinski definition) is 1. The summed E-state index contributed by atoms with van der Waals surface area (Å²) in [5.41, 5.74) is 0.399. The molecule has 0 aromatic carbocycles. The Labute approximate surface area is 112 Å². The minimum atomic E-state index is -3.11. The Kier molecular flexibility index (Phi) is 5.46. The summed E-state index contributed by atoms with van der Waals surface area (Å²) < 4.78 is 24.7. The van der Waals surface area contributed by atoms with Crippen LogP contribution < -0.4 is 0 Å². The van der Waals surface area contributed by atoms with Crippen LogP contribution in [-0.2, 0) is 22.8 Å². The summed E-state index contributed by atoms with van der Waals surface area (Å²) in [5, 5.41) is 16.3. The van der Waals surface area contributed by atoms with E-state index in [4.69, 9.17) is 5.11 Å². The minimum Gasteiger partial charge on any atom is -0.476 e. The molecular formula is C11H19N3O4S. The van der Waals surface area contributed by atoms with Gasteiger partial charge in [0.1, 0.15) is 0 Å². The van der Waals surface area contributed by atoms with E-state index in [0.717, 1.165) is 6.42 Å². The monoisotopic (exact) mass is 289 g/mol. The first-order chi connectivity index (χ1) is 8.91. The van der Waals surface area contributed by atoms with Gasteiger partial charge in [-0.25, -0.2) is 17.9 Å². The standard InChI is InChI=1S/C11H19N3O4S/c1-3-5-9-10(11(15)16)12-13-14(9)6-8-19(17,18)7-4-2/h3-8H2,1-2H3,(H,15,16). The summed E-state index contributed by atoms with van der Waals surface area (Å²) in [6.45, 7) is 3.87. The molecule has 0 aliphatic carbocycles. The zero-order valence-electron chi connectivity index (χ0n) is 11.2. The molecule has 0 amide bonds. The van der Waals surface area contributed by atoms with Crippen LogP contribution >= 0.6 is 0 Å². The van der Waals surface area contributed by atoms with Crippen molar-refractivity contribution in [2.75, 3.05) is 11.5 Å². The van der Waals surface area contributed by atoms with Crippen LogP contribution in [0.25, 0.3) is 0 Å². The first-order valence-corrected chi connectivity index (χ1v) is 8.09. The Morgan fingerprint density at radius 1 is 1.26 bits per heavy atom. The summed E-state index contributed by atoms with van der Waals surface area (Å²) in [4.78, 5) is 11.0. The van der Waals surface area contributed by atoms with Gasteiger partial charge in [0, 0.05) is 5.75 Å². The third kappa shape index (κ3) is 4.30. The van der Waals surface area contributed by atoms with Crippen molar-refractivity contribution in [1.82, 2.24) is 15.0 Å². The predicted molar refractivity (Wildman–Crippen MR) is 69.9 cm³/mol. The second-order valence-corrected chi connectivity index (χ2v) is 6.62. The topological polar surface area (TPSA) is 102 Å². The molecule has 0 unspecified atom stereocenters. The van der Waals surface area contributed by atoms with Gasteiger partial charge in [-0.1, -0.05) is 25.5 Å². The smallest absolute Gasteiger partial charge is 0.358 e. The lowest BCUT2D eigenvalue weighted by atomic mass is 10.2. The third-order valence-corrected chi connectivity index (χ3v) is 4.49. The number of nitrogens with zero attached hydrogens (tertiary/aromatic N) is 3. The highest BCUT2D eigenvalue weighted by Crippen LogP contribution is 2.09. The molecule has 1 N–H and O–H groups in total. The van der Waals surface area contributed by atoms with E-state index in [-0.39, 0.29) is 23.7 Å². The maximum atomic E-state index is 11.6. The minimum absolute atomic E-state index is 0.0417. The molecule has 108 valence electrons. The van der Waals surface area contributed by atoms with E-state index in [1.54, 1.807) is 6.92 Å². The van der Waals surface area contributed by atoms with Gasteiger partial charge >= 0.3 is 5.97 Å². The highest BCUT2D eigenvalue weighted by molar-refractivity contribution is 7.91. The molecule has 0 aliphatic heterocycles. The molecule has 0 saturated carbocycles. The lowest BCUT2D eigenvalue weighted by Crippen LogP contribution is -2.18. The van der Waals surface area contributed by atoms with E-state index in [9.17, 15) is 13.2 Å². The molecule has 1 rings (SSSR count). The van der Waals surface area contributed by atoms with Crippen molar-refractivity contribution in [1.29, 1.82) is 0 Å². The fourth-order valence-corrected chi connectivity index (χ4v) is 3.08. The van der Waals surface area contributed by atoms with Crippen molar-refractivity contribution in [3.8, 4) is 0 Å². The zero-order valence-corrected chi connectivity index (χ0v) is 12.0. The van der Waals surface area contributed by atoms with Gasteiger partial charge in [0.25, 0.3) is 0 Å². The molecular weight excluding hydrogens is 270 g/mol. The van der Waals surface area contributed by atoms with Gasteiger partial charge in [0.2, 0.25) is 0 Å². The number of aromatic nitrogens is 3. The average molecular weight is 289 g/mol. The second-order valence-electron chi connectivity index (χ2n) is 4.31. The normalized spacial score (nSPS) is 11.7. The lowest BCUT2D eigenvalue weighted by molar-refractivity contribution is 0.0689. The van der Waals surface area contributed by atoms with E-state index in [1.807, 2.05) is 6.92 Å². The van der Waals surface area contributed by atoms with Gasteiger partial charge < -0.3 is 5.11 Å². The van der Waals surface area contributed by atoms with E-state index < -0.39 is 15.8 Å². The Bertz CT molecular complexity index is 536. The van der Waals surface area contributed by atoms with Crippen LogP contribution in [-0.4, -0.2) is 46.0 Å². The number of carbonyl (C=O) groups is 1. The molecule has 7 nitrogen and oxygen atoms in total. The van der Waals surface area contributed by atoms with Crippen LogP contribution in [0.4, 0.5) is 0 Å². The molecule has 0 fully saturated rings. The van der Waals surface area contributed by atoms with Crippen LogP contribution in [0.5, 0.6) is 0 Å². The van der Waals surface area contributed by atoms with Gasteiger partial charge in [-0.2, -0.15) is 0 Å². The van der Waals surface area contributed by atoms with E-state index in [0.29, 0.717) is 18.5 Å². The number of hydrogen-bond acceptors (Lipinski definition) is 5. The number of aryl methyl sites for hydroxylation is 1. The zero-order chi connectivity index (χ0) is 14.5. The molecule has 0 spiro atoms. The van der Waals surface area contributed by atoms with Crippen molar-refractivity contribution in [2.45, 2.75) is 39.7 Å². The summed E-state index contributed by atoms with van der Waals surface area (Å²) in [5.74, 6) is -1.04. The van der Waals surface area contributed by atoms with E-state index in [1.165, 1.54) is 4.68 Å². The van der Waals surface area contributed by atoms with Crippen molar-refractivity contribution >= 4 is 15.8 Å². The molecule has 0 aliphatic rings. The van der Waals surface area contributed by atoms with Gasteiger partial charge in [-0.05, 0) is 12.8 Å². The summed E-state index contributed by atoms with van der Waals surface area (Å²) >= 11 is 0. The van der Waals surface area contributed by atoms with E-state index in [2.05, 4.69) is 10.3 Å². The van der Waals surface area contributed by atoms with Crippen LogP contribution in [0.15, 0.2) is 0 Å². The molecule has 0 radical (unpaired) electrons. The van der Waals surface area contributed by atoms with E-state index >= 15 is 0 Å². The quantitative estimate of drug-likeness (QED) is 0.757. The van der Waals surface area contributed by atoms with Gasteiger partial charge in [-0.3, -0.25) is 0 Å². The fourth-order valence-electron chi connectivity index (χ4n) is 1.80. The Hall–Kier alpha value is -1.44. The summed E-state index contributed by atoms with van der Waals surface area (Å²) in [6, 6.07) is 0. The summed E-state index contributed by atoms with van der Waals surface area (Å²) in [6.07, 6.45) is 1.83. The number of aromatic carboxylic acids is 1. The third-order valence-electron chi connectivity index (χ3n) is 2.66. The molecule has 0 bridgehead atoms. The maximum absolute atomic E-state index is 11.6. The Morgan fingerprint density at radius 3 is 2.47 bits per heavy atom. The summed E-state index contributed by atoms with van der Waals surface area (Å²) in [7, 11) is -3.11. The van der Waals surface area contributed by atoms with Crippen molar-refractivity contribution in [2.24, 2.45) is 0 Å². The number of sulfone groups is 1. The average Bonchev–Trinajstić information content (AvgIpc) is 2.70. The molecule has 1 aromatic heterocycles. The highest BCUT2D eigenvalue weighted by atomic mass is 32.2. The number of carboxylic acid groups (broad SMARTS) is 1. The lowest BCUT2D eigenvalue weighted by Gasteiger charge is -2.06. The maximum Gasteiger partial charge on any atom is 0.358 e. The SMILES string of the molecule is CCCc1c(C(=O)O)nnn1CCS(=O)(=O)CCC. The highest BCUT2D eigenvalue weighted by Gasteiger charge is 2.19. The molecule has 1 aromatic rings. The first kappa shape index (κ1) is 15.6. The predicted octanol–water partition coefficient (Wildman–Crippen LogP) is 0.754. The van der Waals surface area contributed by atoms with Crippen molar-refractivity contribution in [3.05, 3.63) is 11.4 Å². The molecule has 0 saturated heterocycles. The van der Waals surface area contributed by atoms with Gasteiger partial charge in [-0.15, -0.1) is 5.10 Å². The fraction of sp³-hybridized carbons (Fsp3) is 0.727. The molecule has 0 atom stereocenters. The van der Waals surface area contributed by atoms with Gasteiger partial charge in [0.15, 0.2) is 15.5 Å². The van der Waals surface area contributed by atoms with Crippen molar-refractivity contribution in [3.63, 3.8) is 0 Å². The molecule has 1 heterocycles. The van der Waals surface area contributed by atoms with Crippen LogP contribution in [0.1, 0.15) is 42.9 Å². The second kappa shape index (κ2) is 6.65. The first-order valence-electron chi connectivity index (χ1n) is 6.27. The Morgan fingerprint density at radius 2 is 1.95 bits per heavy atom. The van der Waals surface area contributed by atoms with Crippen molar-refractivity contribution < 1.29 is 18.3 Å². The van der Waals surface area contributed by atoms with Crippen LogP contribution in [0.3, 0.4) is 0 Å². The number of carboxylic acids is 1. The largest absolute Gasteiger partial charge is 0.476 e. The van der Waals surface area contributed by atoms with Gasteiger partial charge in [0.05, 0.1) is 18.0 Å². The number of rotatable bonds is 8.